The van der Waals surface area contributed by atoms with E-state index in [0.717, 1.165) is 30.9 Å². The molecule has 1 aromatic carbocycles. The second-order valence-electron chi connectivity index (χ2n) is 7.18. The molecular formula is C17H25F2N. The highest BCUT2D eigenvalue weighted by Gasteiger charge is 2.36. The summed E-state index contributed by atoms with van der Waals surface area (Å²) >= 11 is 0. The third-order valence-electron chi connectivity index (χ3n) is 4.83. The summed E-state index contributed by atoms with van der Waals surface area (Å²) < 4.78 is 26.9. The molecule has 1 aliphatic carbocycles. The third-order valence-corrected chi connectivity index (χ3v) is 4.83. The van der Waals surface area contributed by atoms with Crippen molar-refractivity contribution < 1.29 is 8.78 Å². The zero-order valence-electron chi connectivity index (χ0n) is 12.6. The molecular weight excluding hydrogens is 256 g/mol. The molecule has 1 fully saturated rings. The maximum Gasteiger partial charge on any atom is 0.126 e. The number of rotatable bonds is 2. The van der Waals surface area contributed by atoms with Crippen molar-refractivity contribution in [2.75, 3.05) is 6.54 Å². The van der Waals surface area contributed by atoms with Crippen LogP contribution in [0.25, 0.3) is 0 Å². The second-order valence-corrected chi connectivity index (χ2v) is 7.18. The summed E-state index contributed by atoms with van der Waals surface area (Å²) in [4.78, 5) is 0. The average molecular weight is 281 g/mol. The Labute approximate surface area is 120 Å². The van der Waals surface area contributed by atoms with Gasteiger partial charge in [0.05, 0.1) is 0 Å². The molecule has 1 aliphatic rings. The van der Waals surface area contributed by atoms with E-state index in [0.29, 0.717) is 18.4 Å². The van der Waals surface area contributed by atoms with Crippen molar-refractivity contribution in [3.8, 4) is 0 Å². The number of halogens is 2. The zero-order valence-corrected chi connectivity index (χ0v) is 12.6. The van der Waals surface area contributed by atoms with Crippen LogP contribution in [0.15, 0.2) is 18.2 Å². The Morgan fingerprint density at radius 3 is 2.20 bits per heavy atom. The lowest BCUT2D eigenvalue weighted by atomic mass is 9.64. The van der Waals surface area contributed by atoms with Crippen LogP contribution in [0.4, 0.5) is 8.78 Å². The van der Waals surface area contributed by atoms with Gasteiger partial charge in [0.25, 0.3) is 0 Å². The molecule has 0 saturated heterocycles. The standard InChI is InChI=1S/C17H25F2N/c1-17(2,3)13-5-4-11(10-20)16(8-13)12-6-14(18)9-15(19)7-12/h6-7,9,11,13,16H,4-5,8,10,20H2,1-3H3. The van der Waals surface area contributed by atoms with Crippen LogP contribution in [0.2, 0.25) is 0 Å². The van der Waals surface area contributed by atoms with Gasteiger partial charge in [-0.2, -0.15) is 0 Å². The van der Waals surface area contributed by atoms with Crippen molar-refractivity contribution in [1.29, 1.82) is 0 Å². The first-order chi connectivity index (χ1) is 9.31. The van der Waals surface area contributed by atoms with Gasteiger partial charge in [0.1, 0.15) is 11.6 Å². The molecule has 0 aliphatic heterocycles. The molecule has 1 aromatic rings. The van der Waals surface area contributed by atoms with Crippen molar-refractivity contribution in [1.82, 2.24) is 0 Å². The minimum atomic E-state index is -0.492. The molecule has 3 atom stereocenters. The van der Waals surface area contributed by atoms with Gasteiger partial charge in [-0.15, -0.1) is 0 Å². The minimum Gasteiger partial charge on any atom is -0.330 e. The Morgan fingerprint density at radius 1 is 1.10 bits per heavy atom. The van der Waals surface area contributed by atoms with Gasteiger partial charge in [0.15, 0.2) is 0 Å². The minimum absolute atomic E-state index is 0.170. The van der Waals surface area contributed by atoms with E-state index in [1.165, 1.54) is 12.1 Å². The maximum absolute atomic E-state index is 13.5. The molecule has 1 saturated carbocycles. The van der Waals surface area contributed by atoms with Crippen LogP contribution in [0, 0.1) is 28.9 Å². The van der Waals surface area contributed by atoms with Crippen LogP contribution < -0.4 is 5.73 Å². The third kappa shape index (κ3) is 3.38. The van der Waals surface area contributed by atoms with Gasteiger partial charge in [-0.1, -0.05) is 20.8 Å². The Balaban J connectivity index is 2.29. The maximum atomic E-state index is 13.5. The molecule has 0 amide bonds. The normalized spacial score (nSPS) is 27.6. The first-order valence-corrected chi connectivity index (χ1v) is 7.47. The number of hydrogen-bond acceptors (Lipinski definition) is 1. The second kappa shape index (κ2) is 5.80. The lowest BCUT2D eigenvalue weighted by molar-refractivity contribution is 0.133. The van der Waals surface area contributed by atoms with Gasteiger partial charge in [-0.25, -0.2) is 8.78 Å². The molecule has 0 aromatic heterocycles. The van der Waals surface area contributed by atoms with Gasteiger partial charge in [0.2, 0.25) is 0 Å². The summed E-state index contributed by atoms with van der Waals surface area (Å²) in [5.74, 6) is 0.0851. The SMILES string of the molecule is CC(C)(C)C1CCC(CN)C(c2cc(F)cc(F)c2)C1. The molecule has 0 bridgehead atoms. The van der Waals surface area contributed by atoms with E-state index in [2.05, 4.69) is 20.8 Å². The van der Waals surface area contributed by atoms with E-state index in [4.69, 9.17) is 5.73 Å². The lowest BCUT2D eigenvalue weighted by Gasteiger charge is -2.42. The lowest BCUT2D eigenvalue weighted by Crippen LogP contribution is -2.34. The van der Waals surface area contributed by atoms with Gasteiger partial charge in [-0.3, -0.25) is 0 Å². The Kier molecular flexibility index (Phi) is 4.48. The molecule has 3 unspecified atom stereocenters. The van der Waals surface area contributed by atoms with Crippen molar-refractivity contribution in [2.24, 2.45) is 23.0 Å². The van der Waals surface area contributed by atoms with E-state index < -0.39 is 11.6 Å². The van der Waals surface area contributed by atoms with Crippen LogP contribution in [0.3, 0.4) is 0 Å². The highest BCUT2D eigenvalue weighted by Crippen LogP contribution is 2.46. The van der Waals surface area contributed by atoms with E-state index >= 15 is 0 Å². The summed E-state index contributed by atoms with van der Waals surface area (Å²) in [7, 11) is 0. The van der Waals surface area contributed by atoms with E-state index in [-0.39, 0.29) is 11.3 Å². The highest BCUT2D eigenvalue weighted by atomic mass is 19.1. The van der Waals surface area contributed by atoms with E-state index in [1.807, 2.05) is 0 Å². The van der Waals surface area contributed by atoms with Crippen LogP contribution >= 0.6 is 0 Å². The first-order valence-electron chi connectivity index (χ1n) is 7.47. The summed E-state index contributed by atoms with van der Waals surface area (Å²) in [6, 6.07) is 3.88. The van der Waals surface area contributed by atoms with Crippen LogP contribution in [0.5, 0.6) is 0 Å². The topological polar surface area (TPSA) is 26.0 Å². The largest absolute Gasteiger partial charge is 0.330 e. The molecule has 0 spiro atoms. The summed E-state index contributed by atoms with van der Waals surface area (Å²) in [6.45, 7) is 7.30. The monoisotopic (exact) mass is 281 g/mol. The molecule has 0 heterocycles. The average Bonchev–Trinajstić information content (AvgIpc) is 2.35. The zero-order chi connectivity index (χ0) is 14.9. The summed E-state index contributed by atoms with van der Waals surface area (Å²) in [5.41, 5.74) is 6.87. The quantitative estimate of drug-likeness (QED) is 0.850. The van der Waals surface area contributed by atoms with Crippen molar-refractivity contribution >= 4 is 0 Å². The van der Waals surface area contributed by atoms with E-state index in [1.54, 1.807) is 0 Å². The van der Waals surface area contributed by atoms with Gasteiger partial charge in [-0.05, 0) is 66.7 Å². The van der Waals surface area contributed by atoms with E-state index in [9.17, 15) is 8.78 Å². The smallest absolute Gasteiger partial charge is 0.126 e. The molecule has 1 nitrogen and oxygen atoms in total. The van der Waals surface area contributed by atoms with Crippen molar-refractivity contribution in [3.05, 3.63) is 35.4 Å². The fourth-order valence-electron chi connectivity index (χ4n) is 3.50. The molecule has 3 heteroatoms. The Morgan fingerprint density at radius 2 is 1.70 bits per heavy atom. The van der Waals surface area contributed by atoms with Crippen molar-refractivity contribution in [2.45, 2.75) is 46.0 Å². The predicted molar refractivity (Wildman–Crippen MR) is 78.4 cm³/mol. The number of benzene rings is 1. The summed E-state index contributed by atoms with van der Waals surface area (Å²) in [5, 5.41) is 0. The molecule has 2 rings (SSSR count). The van der Waals surface area contributed by atoms with Crippen LogP contribution in [-0.2, 0) is 0 Å². The number of nitrogens with two attached hydrogens (primary N) is 1. The first kappa shape index (κ1) is 15.4. The highest BCUT2D eigenvalue weighted by molar-refractivity contribution is 5.23. The molecule has 0 radical (unpaired) electrons. The van der Waals surface area contributed by atoms with Crippen LogP contribution in [-0.4, -0.2) is 6.54 Å². The fourth-order valence-corrected chi connectivity index (χ4v) is 3.50. The Hall–Kier alpha value is -0.960. The fraction of sp³-hybridized carbons (Fsp3) is 0.647. The molecule has 112 valence electrons. The van der Waals surface area contributed by atoms with Gasteiger partial charge >= 0.3 is 0 Å². The number of hydrogen-bond donors (Lipinski definition) is 1. The van der Waals surface area contributed by atoms with Crippen LogP contribution in [0.1, 0.15) is 51.5 Å². The predicted octanol–water partition coefficient (Wildman–Crippen LogP) is 4.47. The van der Waals surface area contributed by atoms with Crippen molar-refractivity contribution in [3.63, 3.8) is 0 Å². The van der Waals surface area contributed by atoms with Gasteiger partial charge < -0.3 is 5.73 Å². The molecule has 2 N–H and O–H groups in total. The van der Waals surface area contributed by atoms with Gasteiger partial charge in [0, 0.05) is 6.07 Å². The molecule has 20 heavy (non-hydrogen) atoms. The summed E-state index contributed by atoms with van der Waals surface area (Å²) in [6.07, 6.45) is 3.16. The Bertz CT molecular complexity index is 444.